The number of sulfone groups is 2. The van der Waals surface area contributed by atoms with E-state index in [0.717, 1.165) is 72.3 Å². The molecule has 2 heterocycles. The van der Waals surface area contributed by atoms with Gasteiger partial charge in [-0.15, -0.1) is 0 Å². The molecular weight excluding hydrogens is 874 g/mol. The van der Waals surface area contributed by atoms with Gasteiger partial charge in [0.1, 0.15) is 17.9 Å². The van der Waals surface area contributed by atoms with Crippen molar-refractivity contribution in [1.82, 2.24) is 19.6 Å². The highest BCUT2D eigenvalue weighted by Gasteiger charge is 2.49. The molecule has 2 aromatic heterocycles. The number of carbonyl (C=O) groups is 1. The van der Waals surface area contributed by atoms with E-state index in [-0.39, 0.29) is 49.7 Å². The summed E-state index contributed by atoms with van der Waals surface area (Å²) in [6.07, 6.45) is 14.3. The topological polar surface area (TPSA) is 141 Å². The van der Waals surface area contributed by atoms with E-state index >= 15 is 0 Å². The number of rotatable bonds is 8. The van der Waals surface area contributed by atoms with Crippen LogP contribution in [0.2, 0.25) is 0 Å². The van der Waals surface area contributed by atoms with E-state index < -0.39 is 25.8 Å². The zero-order valence-corrected chi connectivity index (χ0v) is 37.9. The van der Waals surface area contributed by atoms with E-state index in [4.69, 9.17) is 0 Å². The van der Waals surface area contributed by atoms with Gasteiger partial charge in [-0.25, -0.2) is 35.0 Å². The molecule has 2 saturated carbocycles. The number of aromatic nitrogens is 4. The highest BCUT2D eigenvalue weighted by atomic mass is 32.2. The molecule has 0 spiro atoms. The molecule has 4 aliphatic carbocycles. The molecule has 65 heavy (non-hydrogen) atoms. The minimum atomic E-state index is -3.57. The fraction of sp³-hybridized carbons (Fsp3) is 0.300. The molecule has 6 aromatic rings. The van der Waals surface area contributed by atoms with Crippen molar-refractivity contribution in [2.24, 2.45) is 22.7 Å². The lowest BCUT2D eigenvalue weighted by molar-refractivity contribution is -0.113. The van der Waals surface area contributed by atoms with Crippen LogP contribution in [0.4, 0.5) is 13.5 Å². The summed E-state index contributed by atoms with van der Waals surface area (Å²) in [7, 11) is -6.58. The van der Waals surface area contributed by atoms with Gasteiger partial charge in [-0.2, -0.15) is 10.2 Å². The number of halogens is 3. The molecule has 4 aliphatic rings. The normalized spacial score (nSPS) is 22.1. The van der Waals surface area contributed by atoms with Gasteiger partial charge >= 0.3 is 0 Å². The van der Waals surface area contributed by atoms with Crippen LogP contribution in [0, 0.1) is 34.3 Å². The second-order valence-electron chi connectivity index (χ2n) is 17.6. The SMILES string of the molecule is CS(=O)(=O)c1ccccc1.C[C@]12Cc3cnn(-c4ccc(F)cc4)c3C=C1CC[C@@H]2C=O.C[C@]12Cc3cnn(-c4ccc(F)cc4)c3C=C1CC[C@@H]2[C@@H](O)CS(=O)(=O)c1ccccc1.F. The summed E-state index contributed by atoms with van der Waals surface area (Å²) < 4.78 is 77.4. The zero-order valence-electron chi connectivity index (χ0n) is 36.2. The first-order valence-electron chi connectivity index (χ1n) is 21.2. The zero-order chi connectivity index (χ0) is 45.4. The predicted octanol–water partition coefficient (Wildman–Crippen LogP) is 9.01. The van der Waals surface area contributed by atoms with Crippen LogP contribution in [0.3, 0.4) is 0 Å². The van der Waals surface area contributed by atoms with E-state index in [9.17, 15) is 35.5 Å². The monoisotopic (exact) mass is 924 g/mol. The predicted molar refractivity (Wildman–Crippen MR) is 245 cm³/mol. The van der Waals surface area contributed by atoms with Crippen molar-refractivity contribution >= 4 is 38.1 Å². The van der Waals surface area contributed by atoms with Crippen molar-refractivity contribution < 1.29 is 40.2 Å². The number of allylic oxidation sites excluding steroid dienone is 2. The van der Waals surface area contributed by atoms with E-state index in [1.807, 2.05) is 21.8 Å². The van der Waals surface area contributed by atoms with Crippen LogP contribution in [0.15, 0.2) is 143 Å². The summed E-state index contributed by atoms with van der Waals surface area (Å²) in [5.74, 6) is -0.888. The van der Waals surface area contributed by atoms with E-state index in [1.54, 1.807) is 84.9 Å². The lowest BCUT2D eigenvalue weighted by atomic mass is 9.68. The molecular formula is C50H51F3N4O6S2. The Morgan fingerprint density at radius 1 is 0.692 bits per heavy atom. The molecule has 15 heteroatoms. The van der Waals surface area contributed by atoms with Gasteiger partial charge in [0, 0.05) is 17.6 Å². The number of aliphatic hydroxyl groups is 1. The number of benzene rings is 4. The van der Waals surface area contributed by atoms with Gasteiger partial charge in [0.25, 0.3) is 0 Å². The highest BCUT2D eigenvalue weighted by molar-refractivity contribution is 7.91. The molecule has 4 aromatic carbocycles. The van der Waals surface area contributed by atoms with E-state index in [2.05, 4.69) is 36.2 Å². The Labute approximate surface area is 377 Å². The first-order chi connectivity index (χ1) is 30.5. The first kappa shape index (κ1) is 47.1. The first-order valence-corrected chi connectivity index (χ1v) is 24.8. The molecule has 0 saturated heterocycles. The molecule has 2 fully saturated rings. The molecule has 0 radical (unpaired) electrons. The number of nitrogens with zero attached hydrogens (tertiary/aromatic N) is 4. The number of hydrogen-bond donors (Lipinski definition) is 1. The average Bonchev–Trinajstić information content (AvgIpc) is 4.05. The van der Waals surface area contributed by atoms with Crippen LogP contribution in [0.25, 0.3) is 23.5 Å². The lowest BCUT2D eigenvalue weighted by Crippen LogP contribution is -2.39. The number of fused-ring (bicyclic) bond motifs is 4. The molecule has 10 nitrogen and oxygen atoms in total. The molecule has 0 aliphatic heterocycles. The van der Waals surface area contributed by atoms with Crippen LogP contribution in [-0.4, -0.2) is 65.9 Å². The van der Waals surface area contributed by atoms with Crippen LogP contribution in [0.1, 0.15) is 62.0 Å². The van der Waals surface area contributed by atoms with Crippen molar-refractivity contribution in [3.63, 3.8) is 0 Å². The quantitative estimate of drug-likeness (QED) is 0.149. The second-order valence-corrected chi connectivity index (χ2v) is 21.6. The number of aldehydes is 1. The van der Waals surface area contributed by atoms with Crippen LogP contribution in [-0.2, 0) is 37.3 Å². The third-order valence-corrected chi connectivity index (χ3v) is 16.4. The van der Waals surface area contributed by atoms with Gasteiger partial charge in [0.05, 0.1) is 56.8 Å². The highest BCUT2D eigenvalue weighted by Crippen LogP contribution is 2.55. The van der Waals surface area contributed by atoms with Crippen molar-refractivity contribution in [2.45, 2.75) is 68.3 Å². The fourth-order valence-electron chi connectivity index (χ4n) is 9.90. The van der Waals surface area contributed by atoms with Crippen molar-refractivity contribution in [1.29, 1.82) is 0 Å². The maximum atomic E-state index is 13.3. The number of aliphatic hydroxyl groups excluding tert-OH is 1. The Bertz CT molecular complexity index is 2960. The third kappa shape index (κ3) is 9.45. The molecule has 10 rings (SSSR count). The summed E-state index contributed by atoms with van der Waals surface area (Å²) in [6, 6.07) is 29.2. The smallest absolute Gasteiger partial charge is 0.180 e. The van der Waals surface area contributed by atoms with Crippen molar-refractivity contribution in [3.05, 3.63) is 167 Å². The Balaban J connectivity index is 0.000000165. The lowest BCUT2D eigenvalue weighted by Gasteiger charge is -2.38. The van der Waals surface area contributed by atoms with Gasteiger partial charge in [0.2, 0.25) is 0 Å². The van der Waals surface area contributed by atoms with Crippen molar-refractivity contribution in [2.75, 3.05) is 12.0 Å². The summed E-state index contributed by atoms with van der Waals surface area (Å²) >= 11 is 0. The summed E-state index contributed by atoms with van der Waals surface area (Å²) in [4.78, 5) is 12.0. The Morgan fingerprint density at radius 2 is 1.14 bits per heavy atom. The maximum absolute atomic E-state index is 13.3. The number of hydrogen-bond acceptors (Lipinski definition) is 8. The van der Waals surface area contributed by atoms with Gasteiger partial charge in [-0.1, -0.05) is 61.4 Å². The second kappa shape index (κ2) is 18.5. The molecule has 1 N–H and O–H groups in total. The third-order valence-electron chi connectivity index (χ3n) is 13.5. The Kier molecular flexibility index (Phi) is 13.4. The summed E-state index contributed by atoms with van der Waals surface area (Å²) in [5.41, 5.74) is 8.03. The van der Waals surface area contributed by atoms with E-state index in [0.29, 0.717) is 11.3 Å². The van der Waals surface area contributed by atoms with Gasteiger partial charge in [-0.3, -0.25) is 4.70 Å². The van der Waals surface area contributed by atoms with Crippen LogP contribution >= 0.6 is 0 Å². The minimum Gasteiger partial charge on any atom is -0.392 e. The summed E-state index contributed by atoms with van der Waals surface area (Å²) in [5, 5.41) is 20.0. The summed E-state index contributed by atoms with van der Waals surface area (Å²) in [6.45, 7) is 4.30. The molecule has 5 atom stereocenters. The standard InChI is InChI=1S/C25H25FN2O3S.C18H17FN2O.C7H8O2S.FH/c1-25-14-17-15-27-28(20-10-8-19(26)9-11-20)23(17)13-18(25)7-12-22(25)24(29)16-32(30,31)21-5-3-2-4-6-21;1-18-9-12-10-20-21(16-6-4-15(19)5-7-16)17(12)8-13(18)2-3-14(18)11-22;1-10(8,9)7-5-3-2-4-6-7;/h2-6,8-11,13,15,22,24,29H,7,12,14,16H2,1H3;4-8,10-11,14H,2-3,9H2,1H3;2-6H,1H3;1H/t22-,24+,25+;14-,18+;;/m11../s1. The van der Waals surface area contributed by atoms with Crippen LogP contribution in [0.5, 0.6) is 0 Å². The van der Waals surface area contributed by atoms with Gasteiger partial charge in [0.15, 0.2) is 19.7 Å². The van der Waals surface area contributed by atoms with Gasteiger partial charge in [-0.05, 0) is 146 Å². The van der Waals surface area contributed by atoms with Crippen LogP contribution < -0.4 is 0 Å². The fourth-order valence-corrected chi connectivity index (χ4v) is 12.0. The van der Waals surface area contributed by atoms with Gasteiger partial charge < -0.3 is 9.90 Å². The average molecular weight is 925 g/mol. The Morgan fingerprint density at radius 3 is 1.60 bits per heavy atom. The Hall–Kier alpha value is -5.90. The number of carbonyl (C=O) groups excluding carboxylic acids is 1. The van der Waals surface area contributed by atoms with E-state index in [1.165, 1.54) is 41.7 Å². The molecule has 0 amide bonds. The minimum absolute atomic E-state index is 0. The molecule has 0 unspecified atom stereocenters. The largest absolute Gasteiger partial charge is 0.392 e. The van der Waals surface area contributed by atoms with Crippen molar-refractivity contribution in [3.8, 4) is 11.4 Å². The molecule has 0 bridgehead atoms. The molecule has 340 valence electrons. The maximum Gasteiger partial charge on any atom is 0.180 e.